The minimum absolute atomic E-state index is 0.133. The van der Waals surface area contributed by atoms with Crippen molar-refractivity contribution >= 4 is 0 Å². The Hall–Kier alpha value is -1.64. The summed E-state index contributed by atoms with van der Waals surface area (Å²) in [5.41, 5.74) is 10.7. The molecular weight excluding hydrogens is 234 g/mol. The lowest BCUT2D eigenvalue weighted by Crippen LogP contribution is -2.03. The van der Waals surface area contributed by atoms with Gasteiger partial charge in [-0.25, -0.2) is 0 Å². The first-order chi connectivity index (χ1) is 9.26. The minimum Gasteiger partial charge on any atom is -0.377 e. The maximum absolute atomic E-state index is 5.67. The molecule has 2 rings (SSSR count). The second-order valence-corrected chi connectivity index (χ2v) is 4.70. The number of hydrogen-bond donors (Lipinski definition) is 1. The molecular formula is C17H21NO. The summed E-state index contributed by atoms with van der Waals surface area (Å²) in [6.07, 6.45) is 1.04. The number of rotatable bonds is 5. The first kappa shape index (κ1) is 13.8. The molecule has 2 heteroatoms. The Morgan fingerprint density at radius 1 is 1.05 bits per heavy atom. The van der Waals surface area contributed by atoms with Gasteiger partial charge in [-0.1, -0.05) is 48.5 Å². The molecule has 0 radical (unpaired) electrons. The molecule has 0 saturated carbocycles. The van der Waals surface area contributed by atoms with Crippen molar-refractivity contribution in [3.8, 4) is 11.1 Å². The van der Waals surface area contributed by atoms with Gasteiger partial charge in [0.05, 0.1) is 6.10 Å². The van der Waals surface area contributed by atoms with Gasteiger partial charge in [0.2, 0.25) is 0 Å². The van der Waals surface area contributed by atoms with Crippen molar-refractivity contribution in [2.24, 2.45) is 5.73 Å². The Morgan fingerprint density at radius 3 is 2.37 bits per heavy atom. The normalized spacial score (nSPS) is 12.4. The van der Waals surface area contributed by atoms with Gasteiger partial charge in [0, 0.05) is 7.11 Å². The molecule has 19 heavy (non-hydrogen) atoms. The van der Waals surface area contributed by atoms with Crippen LogP contribution in [0.3, 0.4) is 0 Å². The van der Waals surface area contributed by atoms with Gasteiger partial charge < -0.3 is 10.5 Å². The van der Waals surface area contributed by atoms with Crippen LogP contribution in [0.2, 0.25) is 0 Å². The van der Waals surface area contributed by atoms with E-state index in [2.05, 4.69) is 55.5 Å². The Labute approximate surface area is 115 Å². The SMILES string of the molecule is CO[C@@H](C)c1ccc(-c2ccccc2CCN)cc1. The standard InChI is InChI=1S/C17H21NO/c1-13(19-2)14-7-9-16(10-8-14)17-6-4-3-5-15(17)11-12-18/h3-10,13H,11-12,18H2,1-2H3/t13-/m0/s1. The summed E-state index contributed by atoms with van der Waals surface area (Å²) in [7, 11) is 1.73. The summed E-state index contributed by atoms with van der Waals surface area (Å²) in [5, 5.41) is 0. The Morgan fingerprint density at radius 2 is 1.74 bits per heavy atom. The Bertz CT molecular complexity index is 519. The van der Waals surface area contributed by atoms with Crippen molar-refractivity contribution in [3.63, 3.8) is 0 Å². The average Bonchev–Trinajstić information content (AvgIpc) is 2.47. The highest BCUT2D eigenvalue weighted by Crippen LogP contribution is 2.26. The molecule has 2 aromatic carbocycles. The van der Waals surface area contributed by atoms with Gasteiger partial charge in [-0.15, -0.1) is 0 Å². The van der Waals surface area contributed by atoms with Crippen molar-refractivity contribution in [1.82, 2.24) is 0 Å². The van der Waals surface area contributed by atoms with E-state index in [1.165, 1.54) is 22.3 Å². The minimum atomic E-state index is 0.133. The fraction of sp³-hybridized carbons (Fsp3) is 0.294. The van der Waals surface area contributed by atoms with Crippen LogP contribution in [0.5, 0.6) is 0 Å². The van der Waals surface area contributed by atoms with E-state index < -0.39 is 0 Å². The lowest BCUT2D eigenvalue weighted by molar-refractivity contribution is 0.119. The largest absolute Gasteiger partial charge is 0.377 e. The fourth-order valence-corrected chi connectivity index (χ4v) is 2.25. The monoisotopic (exact) mass is 255 g/mol. The van der Waals surface area contributed by atoms with E-state index >= 15 is 0 Å². The molecule has 0 unspecified atom stereocenters. The summed E-state index contributed by atoms with van der Waals surface area (Å²) in [6, 6.07) is 17.0. The summed E-state index contributed by atoms with van der Waals surface area (Å²) in [5.74, 6) is 0. The van der Waals surface area contributed by atoms with Gasteiger partial charge >= 0.3 is 0 Å². The quantitative estimate of drug-likeness (QED) is 0.886. The first-order valence-corrected chi connectivity index (χ1v) is 6.67. The average molecular weight is 255 g/mol. The topological polar surface area (TPSA) is 35.2 Å². The van der Waals surface area contributed by atoms with Crippen LogP contribution >= 0.6 is 0 Å². The summed E-state index contributed by atoms with van der Waals surface area (Å²) in [4.78, 5) is 0. The predicted octanol–water partition coefficient (Wildman–Crippen LogP) is 3.56. The van der Waals surface area contributed by atoms with E-state index in [1.54, 1.807) is 7.11 Å². The summed E-state index contributed by atoms with van der Waals surface area (Å²) in [6.45, 7) is 2.73. The van der Waals surface area contributed by atoms with Crippen LogP contribution in [0.25, 0.3) is 11.1 Å². The van der Waals surface area contributed by atoms with Gasteiger partial charge in [0.1, 0.15) is 0 Å². The van der Waals surface area contributed by atoms with Crippen molar-refractivity contribution in [2.75, 3.05) is 13.7 Å². The lowest BCUT2D eigenvalue weighted by atomic mass is 9.96. The molecule has 2 aromatic rings. The van der Waals surface area contributed by atoms with Gasteiger partial charge in [-0.2, -0.15) is 0 Å². The van der Waals surface area contributed by atoms with E-state index in [-0.39, 0.29) is 6.10 Å². The number of benzene rings is 2. The molecule has 1 atom stereocenters. The molecule has 0 aromatic heterocycles. The fourth-order valence-electron chi connectivity index (χ4n) is 2.25. The number of nitrogens with two attached hydrogens (primary N) is 1. The zero-order valence-electron chi connectivity index (χ0n) is 11.6. The van der Waals surface area contributed by atoms with Crippen LogP contribution in [0.4, 0.5) is 0 Å². The Balaban J connectivity index is 2.32. The number of methoxy groups -OCH3 is 1. The van der Waals surface area contributed by atoms with Crippen LogP contribution in [-0.4, -0.2) is 13.7 Å². The van der Waals surface area contributed by atoms with Gasteiger partial charge in [0.15, 0.2) is 0 Å². The highest BCUT2D eigenvalue weighted by Gasteiger charge is 2.06. The number of hydrogen-bond acceptors (Lipinski definition) is 2. The summed E-state index contributed by atoms with van der Waals surface area (Å²) >= 11 is 0. The lowest BCUT2D eigenvalue weighted by Gasteiger charge is -2.12. The second kappa shape index (κ2) is 6.50. The van der Waals surface area contributed by atoms with Gasteiger partial charge in [0.25, 0.3) is 0 Å². The van der Waals surface area contributed by atoms with Crippen LogP contribution < -0.4 is 5.73 Å². The van der Waals surface area contributed by atoms with Crippen LogP contribution in [0.15, 0.2) is 48.5 Å². The van der Waals surface area contributed by atoms with E-state index in [0.29, 0.717) is 6.54 Å². The zero-order chi connectivity index (χ0) is 13.7. The highest BCUT2D eigenvalue weighted by atomic mass is 16.5. The maximum Gasteiger partial charge on any atom is 0.0793 e. The molecule has 2 N–H and O–H groups in total. The van der Waals surface area contributed by atoms with Crippen molar-refractivity contribution in [2.45, 2.75) is 19.4 Å². The Kier molecular flexibility index (Phi) is 4.72. The molecule has 0 saturated heterocycles. The van der Waals surface area contributed by atoms with Crippen LogP contribution in [0, 0.1) is 0 Å². The zero-order valence-corrected chi connectivity index (χ0v) is 11.6. The van der Waals surface area contributed by atoms with E-state index in [4.69, 9.17) is 10.5 Å². The van der Waals surface area contributed by atoms with Crippen molar-refractivity contribution in [3.05, 3.63) is 59.7 Å². The van der Waals surface area contributed by atoms with Crippen molar-refractivity contribution in [1.29, 1.82) is 0 Å². The maximum atomic E-state index is 5.67. The van der Waals surface area contributed by atoms with Gasteiger partial charge in [-0.05, 0) is 42.1 Å². The second-order valence-electron chi connectivity index (χ2n) is 4.70. The molecule has 0 amide bonds. The molecule has 0 aliphatic carbocycles. The molecule has 0 fully saturated rings. The molecule has 0 heterocycles. The highest BCUT2D eigenvalue weighted by molar-refractivity contribution is 5.67. The van der Waals surface area contributed by atoms with E-state index in [9.17, 15) is 0 Å². The van der Waals surface area contributed by atoms with E-state index in [1.807, 2.05) is 0 Å². The van der Waals surface area contributed by atoms with Crippen LogP contribution in [-0.2, 0) is 11.2 Å². The third-order valence-corrected chi connectivity index (χ3v) is 3.48. The first-order valence-electron chi connectivity index (χ1n) is 6.67. The predicted molar refractivity (Wildman–Crippen MR) is 80.1 cm³/mol. The molecule has 100 valence electrons. The van der Waals surface area contributed by atoms with E-state index in [0.717, 1.165) is 6.42 Å². The smallest absolute Gasteiger partial charge is 0.0793 e. The third kappa shape index (κ3) is 3.22. The van der Waals surface area contributed by atoms with Crippen LogP contribution in [0.1, 0.15) is 24.2 Å². The molecule has 0 aliphatic rings. The van der Waals surface area contributed by atoms with Crippen molar-refractivity contribution < 1.29 is 4.74 Å². The molecule has 2 nitrogen and oxygen atoms in total. The summed E-state index contributed by atoms with van der Waals surface area (Å²) < 4.78 is 5.33. The molecule has 0 aliphatic heterocycles. The molecule has 0 spiro atoms. The van der Waals surface area contributed by atoms with Gasteiger partial charge in [-0.3, -0.25) is 0 Å². The number of ether oxygens (including phenoxy) is 1. The third-order valence-electron chi connectivity index (χ3n) is 3.48. The molecule has 0 bridgehead atoms.